The summed E-state index contributed by atoms with van der Waals surface area (Å²) in [5.41, 5.74) is 0.761. The Morgan fingerprint density at radius 3 is 2.71 bits per heavy atom. The summed E-state index contributed by atoms with van der Waals surface area (Å²) in [5, 5.41) is 14.5. The van der Waals surface area contributed by atoms with Gasteiger partial charge in [-0.3, -0.25) is 9.59 Å². The van der Waals surface area contributed by atoms with Gasteiger partial charge in [0.25, 0.3) is 0 Å². The van der Waals surface area contributed by atoms with E-state index < -0.39 is 5.97 Å². The number of hydrogen-bond donors (Lipinski definition) is 2. The molecule has 6 heteroatoms. The Kier molecular flexibility index (Phi) is 7.08. The fraction of sp³-hybridized carbons (Fsp3) is 0.533. The Morgan fingerprint density at radius 2 is 2.19 bits per heavy atom. The highest BCUT2D eigenvalue weighted by Gasteiger charge is 2.15. The molecule has 0 fully saturated rings. The van der Waals surface area contributed by atoms with E-state index in [0.717, 1.165) is 17.1 Å². The topological polar surface area (TPSA) is 79.3 Å². The third-order valence-electron chi connectivity index (χ3n) is 2.88. The van der Waals surface area contributed by atoms with E-state index in [2.05, 4.69) is 10.3 Å². The monoisotopic (exact) mass is 310 g/mol. The van der Waals surface area contributed by atoms with Crippen molar-refractivity contribution in [2.75, 3.05) is 6.54 Å². The lowest BCUT2D eigenvalue weighted by Gasteiger charge is -2.17. The molecule has 0 spiro atoms. The molecule has 1 atom stereocenters. The SMILES string of the molecule is Cc1nc(C=CC(=O)NC[C@H](CC(=O)O)CC(C)C)cs1. The van der Waals surface area contributed by atoms with Crippen molar-refractivity contribution in [3.8, 4) is 0 Å². The first-order chi connectivity index (χ1) is 9.86. The van der Waals surface area contributed by atoms with Crippen LogP contribution in [0.3, 0.4) is 0 Å². The van der Waals surface area contributed by atoms with Crippen molar-refractivity contribution < 1.29 is 14.7 Å². The van der Waals surface area contributed by atoms with E-state index in [4.69, 9.17) is 5.11 Å². The van der Waals surface area contributed by atoms with Crippen molar-refractivity contribution in [3.05, 3.63) is 22.2 Å². The summed E-state index contributed by atoms with van der Waals surface area (Å²) in [4.78, 5) is 26.8. The minimum absolute atomic E-state index is 0.0404. The van der Waals surface area contributed by atoms with E-state index in [-0.39, 0.29) is 18.2 Å². The Labute approximate surface area is 129 Å². The van der Waals surface area contributed by atoms with Gasteiger partial charge >= 0.3 is 5.97 Å². The zero-order valence-electron chi connectivity index (χ0n) is 12.6. The summed E-state index contributed by atoms with van der Waals surface area (Å²) in [5.74, 6) is -0.690. The zero-order valence-corrected chi connectivity index (χ0v) is 13.4. The summed E-state index contributed by atoms with van der Waals surface area (Å²) < 4.78 is 0. The molecule has 0 aliphatic carbocycles. The molecular weight excluding hydrogens is 288 g/mol. The summed E-state index contributed by atoms with van der Waals surface area (Å²) in [6, 6.07) is 0. The van der Waals surface area contributed by atoms with Crippen LogP contribution >= 0.6 is 11.3 Å². The van der Waals surface area contributed by atoms with Crippen LogP contribution in [-0.2, 0) is 9.59 Å². The fourth-order valence-corrected chi connectivity index (χ4v) is 2.65. The van der Waals surface area contributed by atoms with Gasteiger partial charge in [-0.1, -0.05) is 13.8 Å². The lowest BCUT2D eigenvalue weighted by atomic mass is 9.94. The van der Waals surface area contributed by atoms with Crippen molar-refractivity contribution in [1.29, 1.82) is 0 Å². The van der Waals surface area contributed by atoms with Crippen LogP contribution in [0, 0.1) is 18.8 Å². The van der Waals surface area contributed by atoms with E-state index >= 15 is 0 Å². The molecule has 0 unspecified atom stereocenters. The van der Waals surface area contributed by atoms with Crippen LogP contribution in [0.25, 0.3) is 6.08 Å². The maximum absolute atomic E-state index is 11.7. The molecule has 0 saturated carbocycles. The average Bonchev–Trinajstić information content (AvgIpc) is 2.78. The van der Waals surface area contributed by atoms with Crippen molar-refractivity contribution in [3.63, 3.8) is 0 Å². The lowest BCUT2D eigenvalue weighted by Crippen LogP contribution is -2.29. The fourth-order valence-electron chi connectivity index (χ4n) is 2.07. The molecule has 116 valence electrons. The highest BCUT2D eigenvalue weighted by atomic mass is 32.1. The van der Waals surface area contributed by atoms with Crippen LogP contribution in [0.5, 0.6) is 0 Å². The average molecular weight is 310 g/mol. The van der Waals surface area contributed by atoms with Crippen molar-refractivity contribution in [2.24, 2.45) is 11.8 Å². The first-order valence-electron chi connectivity index (χ1n) is 6.96. The molecule has 1 rings (SSSR count). The molecule has 0 radical (unpaired) electrons. The molecule has 2 N–H and O–H groups in total. The molecule has 0 aromatic carbocycles. The van der Waals surface area contributed by atoms with Crippen LogP contribution in [0.15, 0.2) is 11.5 Å². The second-order valence-electron chi connectivity index (χ2n) is 5.46. The van der Waals surface area contributed by atoms with E-state index in [0.29, 0.717) is 12.5 Å². The Bertz CT molecular complexity index is 509. The van der Waals surface area contributed by atoms with Crippen LogP contribution in [0.2, 0.25) is 0 Å². The van der Waals surface area contributed by atoms with Crippen LogP contribution in [-0.4, -0.2) is 28.5 Å². The van der Waals surface area contributed by atoms with E-state index in [9.17, 15) is 9.59 Å². The number of nitrogens with zero attached hydrogens (tertiary/aromatic N) is 1. The number of rotatable bonds is 8. The number of amides is 1. The first-order valence-corrected chi connectivity index (χ1v) is 7.84. The van der Waals surface area contributed by atoms with Crippen LogP contribution in [0.1, 0.15) is 37.4 Å². The van der Waals surface area contributed by atoms with E-state index in [1.807, 2.05) is 26.2 Å². The van der Waals surface area contributed by atoms with Gasteiger partial charge in [-0.15, -0.1) is 11.3 Å². The molecule has 1 aromatic heterocycles. The Hall–Kier alpha value is -1.69. The Morgan fingerprint density at radius 1 is 1.48 bits per heavy atom. The summed E-state index contributed by atoms with van der Waals surface area (Å²) >= 11 is 1.53. The lowest BCUT2D eigenvalue weighted by molar-refractivity contribution is -0.138. The van der Waals surface area contributed by atoms with Crippen molar-refractivity contribution in [1.82, 2.24) is 10.3 Å². The molecule has 21 heavy (non-hydrogen) atoms. The van der Waals surface area contributed by atoms with Gasteiger partial charge in [0, 0.05) is 24.4 Å². The normalized spacial score (nSPS) is 12.8. The summed E-state index contributed by atoms with van der Waals surface area (Å²) in [6.07, 6.45) is 3.95. The van der Waals surface area contributed by atoms with E-state index in [1.165, 1.54) is 17.4 Å². The number of carboxylic acids is 1. The van der Waals surface area contributed by atoms with Gasteiger partial charge in [0.15, 0.2) is 0 Å². The number of nitrogens with one attached hydrogen (secondary N) is 1. The number of thiazole rings is 1. The number of aromatic nitrogens is 1. The van der Waals surface area contributed by atoms with Crippen LogP contribution < -0.4 is 5.32 Å². The van der Waals surface area contributed by atoms with Gasteiger partial charge in [0.2, 0.25) is 5.91 Å². The number of aryl methyl sites for hydroxylation is 1. The quantitative estimate of drug-likeness (QED) is 0.724. The third-order valence-corrected chi connectivity index (χ3v) is 3.67. The van der Waals surface area contributed by atoms with Gasteiger partial charge in [0.05, 0.1) is 10.7 Å². The predicted molar refractivity (Wildman–Crippen MR) is 84.1 cm³/mol. The molecule has 0 aliphatic rings. The summed E-state index contributed by atoms with van der Waals surface area (Å²) in [7, 11) is 0. The van der Waals surface area contributed by atoms with Crippen LogP contribution in [0.4, 0.5) is 0 Å². The molecule has 0 aliphatic heterocycles. The maximum atomic E-state index is 11.7. The minimum atomic E-state index is -0.830. The molecule has 1 amide bonds. The first kappa shape index (κ1) is 17.4. The smallest absolute Gasteiger partial charge is 0.303 e. The highest BCUT2D eigenvalue weighted by molar-refractivity contribution is 7.09. The van der Waals surface area contributed by atoms with Gasteiger partial charge < -0.3 is 10.4 Å². The number of carboxylic acid groups (broad SMARTS) is 1. The van der Waals surface area contributed by atoms with Gasteiger partial charge in [-0.25, -0.2) is 4.98 Å². The Balaban J connectivity index is 2.45. The van der Waals surface area contributed by atoms with Gasteiger partial charge in [-0.2, -0.15) is 0 Å². The van der Waals surface area contributed by atoms with Gasteiger partial charge in [-0.05, 0) is 31.3 Å². The second-order valence-corrected chi connectivity index (χ2v) is 6.53. The minimum Gasteiger partial charge on any atom is -0.481 e. The van der Waals surface area contributed by atoms with Gasteiger partial charge in [0.1, 0.15) is 0 Å². The number of hydrogen-bond acceptors (Lipinski definition) is 4. The third kappa shape index (κ3) is 7.60. The number of carbonyl (C=O) groups excluding carboxylic acids is 1. The van der Waals surface area contributed by atoms with Crippen molar-refractivity contribution in [2.45, 2.75) is 33.6 Å². The molecule has 1 heterocycles. The summed E-state index contributed by atoms with van der Waals surface area (Å²) in [6.45, 7) is 6.37. The number of aliphatic carboxylic acids is 1. The molecule has 5 nitrogen and oxygen atoms in total. The van der Waals surface area contributed by atoms with Crippen molar-refractivity contribution >= 4 is 29.3 Å². The molecule has 0 bridgehead atoms. The number of carbonyl (C=O) groups is 2. The predicted octanol–water partition coefficient (Wildman–Crippen LogP) is 2.72. The largest absolute Gasteiger partial charge is 0.481 e. The maximum Gasteiger partial charge on any atom is 0.303 e. The highest BCUT2D eigenvalue weighted by Crippen LogP contribution is 2.14. The second kappa shape index (κ2) is 8.56. The van der Waals surface area contributed by atoms with E-state index in [1.54, 1.807) is 6.08 Å². The molecule has 1 aromatic rings. The standard InChI is InChI=1S/C15H22N2O3S/c1-10(2)6-12(7-15(19)20)8-16-14(18)5-4-13-9-21-11(3)17-13/h4-5,9-10,12H,6-8H2,1-3H3,(H,16,18)(H,19,20)/t12-/m0/s1. The molecular formula is C15H22N2O3S. The molecule has 0 saturated heterocycles. The zero-order chi connectivity index (χ0) is 15.8.